The van der Waals surface area contributed by atoms with Crippen molar-refractivity contribution in [3.05, 3.63) is 30.3 Å². The standard InChI is InChI=1S/C21H30N4O3/c1-2-28-21(27)18-16-19(25(23-18)17-10-5-3-6-11-17)20(26)22-12-9-15-24-13-7-4-8-14-24/h3,5-6,10-11,19H,2,4,7-9,12-16H2,1H3,(H,22,26). The van der Waals surface area contributed by atoms with Crippen LogP contribution in [0.4, 0.5) is 5.69 Å². The molecule has 1 aromatic carbocycles. The molecule has 2 aliphatic rings. The van der Waals surface area contributed by atoms with Crippen LogP contribution < -0.4 is 10.3 Å². The number of nitrogens with zero attached hydrogens (tertiary/aromatic N) is 3. The average Bonchev–Trinajstić information content (AvgIpc) is 3.18. The summed E-state index contributed by atoms with van der Waals surface area (Å²) in [6.07, 6.45) is 5.05. The predicted molar refractivity (Wildman–Crippen MR) is 109 cm³/mol. The zero-order valence-electron chi connectivity index (χ0n) is 16.6. The van der Waals surface area contributed by atoms with Gasteiger partial charge in [0.1, 0.15) is 11.8 Å². The van der Waals surface area contributed by atoms with Crippen LogP contribution in [0.5, 0.6) is 0 Å². The molecule has 1 N–H and O–H groups in total. The molecule has 1 saturated heterocycles. The number of esters is 1. The number of piperidine rings is 1. The maximum absolute atomic E-state index is 12.8. The van der Waals surface area contributed by atoms with E-state index in [4.69, 9.17) is 4.74 Å². The summed E-state index contributed by atoms with van der Waals surface area (Å²) in [5, 5.41) is 9.04. The Bertz CT molecular complexity index is 686. The van der Waals surface area contributed by atoms with Crippen LogP contribution in [0.2, 0.25) is 0 Å². The highest BCUT2D eigenvalue weighted by Crippen LogP contribution is 2.25. The van der Waals surface area contributed by atoms with Gasteiger partial charge in [0.25, 0.3) is 0 Å². The number of amides is 1. The molecule has 0 radical (unpaired) electrons. The second-order valence-electron chi connectivity index (χ2n) is 7.21. The zero-order chi connectivity index (χ0) is 19.8. The number of hydrogen-bond acceptors (Lipinski definition) is 6. The largest absolute Gasteiger partial charge is 0.461 e. The van der Waals surface area contributed by atoms with Gasteiger partial charge in [-0.25, -0.2) is 4.79 Å². The van der Waals surface area contributed by atoms with E-state index in [0.29, 0.717) is 12.3 Å². The van der Waals surface area contributed by atoms with Crippen molar-refractivity contribution < 1.29 is 14.3 Å². The van der Waals surface area contributed by atoms with Crippen LogP contribution >= 0.6 is 0 Å². The topological polar surface area (TPSA) is 74.2 Å². The van der Waals surface area contributed by atoms with Crippen molar-refractivity contribution in [2.45, 2.75) is 45.1 Å². The summed E-state index contributed by atoms with van der Waals surface area (Å²) in [7, 11) is 0. The molecule has 0 bridgehead atoms. The molecule has 1 aromatic rings. The Hall–Kier alpha value is -2.41. The maximum Gasteiger partial charge on any atom is 0.354 e. The molecule has 3 rings (SSSR count). The fraction of sp³-hybridized carbons (Fsp3) is 0.571. The van der Waals surface area contributed by atoms with Crippen LogP contribution in [-0.2, 0) is 14.3 Å². The monoisotopic (exact) mass is 386 g/mol. The number of ether oxygens (including phenoxy) is 1. The van der Waals surface area contributed by atoms with Crippen molar-refractivity contribution in [3.8, 4) is 0 Å². The molecular weight excluding hydrogens is 356 g/mol. The van der Waals surface area contributed by atoms with Crippen LogP contribution in [0.3, 0.4) is 0 Å². The Labute approximate surface area is 166 Å². The van der Waals surface area contributed by atoms with Gasteiger partial charge in [0.15, 0.2) is 0 Å². The van der Waals surface area contributed by atoms with E-state index in [9.17, 15) is 9.59 Å². The molecule has 2 heterocycles. The van der Waals surface area contributed by atoms with Crippen LogP contribution in [0.15, 0.2) is 35.4 Å². The van der Waals surface area contributed by atoms with Crippen molar-refractivity contribution in [2.75, 3.05) is 37.8 Å². The van der Waals surface area contributed by atoms with Crippen molar-refractivity contribution >= 4 is 23.3 Å². The minimum atomic E-state index is -0.531. The molecule has 1 fully saturated rings. The Morgan fingerprint density at radius 1 is 1.18 bits per heavy atom. The predicted octanol–water partition coefficient (Wildman–Crippen LogP) is 2.18. The van der Waals surface area contributed by atoms with Gasteiger partial charge in [0.2, 0.25) is 5.91 Å². The minimum absolute atomic E-state index is 0.106. The fourth-order valence-corrected chi connectivity index (χ4v) is 3.69. The molecule has 28 heavy (non-hydrogen) atoms. The van der Waals surface area contributed by atoms with Crippen molar-refractivity contribution in [3.63, 3.8) is 0 Å². The first-order chi connectivity index (χ1) is 13.7. The highest BCUT2D eigenvalue weighted by molar-refractivity contribution is 6.38. The summed E-state index contributed by atoms with van der Waals surface area (Å²) in [6, 6.07) is 8.92. The third-order valence-electron chi connectivity index (χ3n) is 5.14. The minimum Gasteiger partial charge on any atom is -0.461 e. The Kier molecular flexibility index (Phi) is 7.42. The number of benzene rings is 1. The summed E-state index contributed by atoms with van der Waals surface area (Å²) in [5.74, 6) is -0.561. The number of nitrogens with one attached hydrogen (secondary N) is 1. The molecule has 0 aliphatic carbocycles. The lowest BCUT2D eigenvalue weighted by molar-refractivity contribution is -0.135. The summed E-state index contributed by atoms with van der Waals surface area (Å²) < 4.78 is 5.07. The molecule has 1 amide bonds. The van der Waals surface area contributed by atoms with E-state index in [1.165, 1.54) is 19.3 Å². The first-order valence-electron chi connectivity index (χ1n) is 10.3. The Balaban J connectivity index is 1.56. The highest BCUT2D eigenvalue weighted by atomic mass is 16.5. The first-order valence-corrected chi connectivity index (χ1v) is 10.3. The lowest BCUT2D eigenvalue weighted by Gasteiger charge is -2.26. The van der Waals surface area contributed by atoms with Gasteiger partial charge in [-0.1, -0.05) is 24.6 Å². The quantitative estimate of drug-likeness (QED) is 0.548. The van der Waals surface area contributed by atoms with E-state index in [-0.39, 0.29) is 18.9 Å². The van der Waals surface area contributed by atoms with Gasteiger partial charge in [-0.2, -0.15) is 5.10 Å². The number of anilines is 1. The number of carbonyl (C=O) groups excluding carboxylic acids is 2. The zero-order valence-corrected chi connectivity index (χ0v) is 16.6. The van der Waals surface area contributed by atoms with E-state index >= 15 is 0 Å². The van der Waals surface area contributed by atoms with Crippen LogP contribution in [-0.4, -0.2) is 61.3 Å². The number of hydrazone groups is 1. The van der Waals surface area contributed by atoms with Crippen LogP contribution in [0, 0.1) is 0 Å². The molecule has 0 spiro atoms. The third kappa shape index (κ3) is 5.32. The second-order valence-corrected chi connectivity index (χ2v) is 7.21. The molecule has 7 heteroatoms. The molecule has 1 unspecified atom stereocenters. The molecule has 2 aliphatic heterocycles. The SMILES string of the molecule is CCOC(=O)C1=NN(c2ccccc2)C(C(=O)NCCCN2CCCCC2)C1. The molecule has 0 saturated carbocycles. The lowest BCUT2D eigenvalue weighted by atomic mass is 10.1. The van der Waals surface area contributed by atoms with Gasteiger partial charge >= 0.3 is 5.97 Å². The Morgan fingerprint density at radius 2 is 1.93 bits per heavy atom. The third-order valence-corrected chi connectivity index (χ3v) is 5.14. The van der Waals surface area contributed by atoms with Gasteiger partial charge < -0.3 is 15.0 Å². The van der Waals surface area contributed by atoms with Crippen molar-refractivity contribution in [1.29, 1.82) is 0 Å². The average molecular weight is 386 g/mol. The van der Waals surface area contributed by atoms with E-state index in [1.807, 2.05) is 30.3 Å². The smallest absolute Gasteiger partial charge is 0.354 e. The number of hydrogen-bond donors (Lipinski definition) is 1. The molecular formula is C21H30N4O3. The molecule has 152 valence electrons. The highest BCUT2D eigenvalue weighted by Gasteiger charge is 2.36. The Morgan fingerprint density at radius 3 is 2.64 bits per heavy atom. The van der Waals surface area contributed by atoms with Gasteiger partial charge in [-0.15, -0.1) is 0 Å². The van der Waals surface area contributed by atoms with Crippen LogP contribution in [0.1, 0.15) is 39.0 Å². The van der Waals surface area contributed by atoms with Gasteiger partial charge in [-0.05, 0) is 58.0 Å². The molecule has 0 aromatic heterocycles. The van der Waals surface area contributed by atoms with E-state index in [2.05, 4.69) is 15.3 Å². The van der Waals surface area contributed by atoms with Gasteiger partial charge in [0, 0.05) is 13.0 Å². The summed E-state index contributed by atoms with van der Waals surface area (Å²) in [4.78, 5) is 27.4. The van der Waals surface area contributed by atoms with Gasteiger partial charge in [-0.3, -0.25) is 9.80 Å². The summed E-state index contributed by atoms with van der Waals surface area (Å²) in [5.41, 5.74) is 1.08. The van der Waals surface area contributed by atoms with Gasteiger partial charge in [0.05, 0.1) is 12.3 Å². The fourth-order valence-electron chi connectivity index (χ4n) is 3.69. The maximum atomic E-state index is 12.8. The number of carbonyl (C=O) groups is 2. The normalized spacial score (nSPS) is 20.0. The summed E-state index contributed by atoms with van der Waals surface area (Å²) in [6.45, 7) is 6.01. The molecule has 1 atom stereocenters. The number of para-hydroxylation sites is 1. The number of likely N-dealkylation sites (tertiary alicyclic amines) is 1. The lowest BCUT2D eigenvalue weighted by Crippen LogP contribution is -2.43. The molecule has 7 nitrogen and oxygen atoms in total. The summed E-state index contributed by atoms with van der Waals surface area (Å²) >= 11 is 0. The van der Waals surface area contributed by atoms with Crippen molar-refractivity contribution in [2.24, 2.45) is 5.10 Å². The number of rotatable bonds is 8. The van der Waals surface area contributed by atoms with E-state index < -0.39 is 12.0 Å². The second kappa shape index (κ2) is 10.2. The van der Waals surface area contributed by atoms with Crippen molar-refractivity contribution in [1.82, 2.24) is 10.2 Å². The van der Waals surface area contributed by atoms with Crippen LogP contribution in [0.25, 0.3) is 0 Å². The van der Waals surface area contributed by atoms with E-state index in [1.54, 1.807) is 11.9 Å². The van der Waals surface area contributed by atoms with E-state index in [0.717, 1.165) is 31.7 Å². The first kappa shape index (κ1) is 20.3.